The Morgan fingerprint density at radius 2 is 2.04 bits per heavy atom. The summed E-state index contributed by atoms with van der Waals surface area (Å²) < 4.78 is 11.2. The van der Waals surface area contributed by atoms with E-state index in [1.54, 1.807) is 12.1 Å². The van der Waals surface area contributed by atoms with Gasteiger partial charge in [0.05, 0.1) is 18.8 Å². The van der Waals surface area contributed by atoms with Gasteiger partial charge in [0.2, 0.25) is 17.6 Å². The number of rotatable bonds is 5. The van der Waals surface area contributed by atoms with Gasteiger partial charge in [-0.15, -0.1) is 0 Å². The molecule has 144 valence electrons. The van der Waals surface area contributed by atoms with Crippen molar-refractivity contribution in [3.05, 3.63) is 35.2 Å². The van der Waals surface area contributed by atoms with E-state index in [1.807, 2.05) is 17.0 Å². The summed E-state index contributed by atoms with van der Waals surface area (Å²) in [5.41, 5.74) is 0.863. The summed E-state index contributed by atoms with van der Waals surface area (Å²) >= 11 is 5.90. The van der Waals surface area contributed by atoms with Gasteiger partial charge in [0, 0.05) is 30.0 Å². The largest absolute Gasteiger partial charge is 0.374 e. The van der Waals surface area contributed by atoms with Crippen LogP contribution in [0.1, 0.15) is 44.4 Å². The van der Waals surface area contributed by atoms with Crippen molar-refractivity contribution in [2.24, 2.45) is 0 Å². The summed E-state index contributed by atoms with van der Waals surface area (Å²) in [4.78, 5) is 19.2. The Bertz CT molecular complexity index is 775. The summed E-state index contributed by atoms with van der Waals surface area (Å²) in [5.74, 6) is 1.32. The minimum Gasteiger partial charge on any atom is -0.374 e. The fraction of sp³-hybridized carbons (Fsp3) is 0.550. The van der Waals surface area contributed by atoms with Crippen molar-refractivity contribution in [1.29, 1.82) is 0 Å². The Hall–Kier alpha value is -1.92. The van der Waals surface area contributed by atoms with E-state index in [0.29, 0.717) is 49.2 Å². The molecule has 0 bridgehead atoms. The number of carbonyl (C=O) groups is 1. The number of aryl methyl sites for hydroxylation is 1. The van der Waals surface area contributed by atoms with Gasteiger partial charge in [0.25, 0.3) is 0 Å². The number of benzene rings is 1. The van der Waals surface area contributed by atoms with Crippen LogP contribution in [-0.4, -0.2) is 46.2 Å². The van der Waals surface area contributed by atoms with Crippen LogP contribution in [0.15, 0.2) is 28.8 Å². The molecule has 1 aliphatic heterocycles. The predicted molar refractivity (Wildman–Crippen MR) is 101 cm³/mol. The number of halogens is 1. The Balaban J connectivity index is 1.29. The van der Waals surface area contributed by atoms with E-state index >= 15 is 0 Å². The van der Waals surface area contributed by atoms with E-state index in [9.17, 15) is 4.79 Å². The van der Waals surface area contributed by atoms with Crippen LogP contribution in [0.25, 0.3) is 11.4 Å². The van der Waals surface area contributed by atoms with Crippen molar-refractivity contribution in [3.63, 3.8) is 0 Å². The van der Waals surface area contributed by atoms with Gasteiger partial charge >= 0.3 is 0 Å². The second kappa shape index (κ2) is 8.40. The molecule has 1 saturated carbocycles. The molecule has 2 aliphatic rings. The molecule has 1 aromatic carbocycles. The van der Waals surface area contributed by atoms with E-state index in [4.69, 9.17) is 20.9 Å². The van der Waals surface area contributed by atoms with Crippen LogP contribution in [0.5, 0.6) is 0 Å². The molecule has 0 spiro atoms. The third-order valence-electron chi connectivity index (χ3n) is 5.40. The first-order chi connectivity index (χ1) is 13.2. The number of hydrogen-bond donors (Lipinski definition) is 0. The first-order valence-corrected chi connectivity index (χ1v) is 10.1. The Labute approximate surface area is 163 Å². The van der Waals surface area contributed by atoms with Crippen LogP contribution >= 0.6 is 11.6 Å². The monoisotopic (exact) mass is 389 g/mol. The first kappa shape index (κ1) is 18.4. The van der Waals surface area contributed by atoms with Crippen molar-refractivity contribution in [1.82, 2.24) is 15.0 Å². The summed E-state index contributed by atoms with van der Waals surface area (Å²) in [6.45, 7) is 1.36. The number of carbonyl (C=O) groups excluding carboxylic acids is 1. The molecule has 2 fully saturated rings. The highest BCUT2D eigenvalue weighted by atomic mass is 35.5. The van der Waals surface area contributed by atoms with Crippen LogP contribution in [0.2, 0.25) is 5.02 Å². The number of fused-ring (bicyclic) bond motifs is 1. The zero-order valence-corrected chi connectivity index (χ0v) is 16.0. The highest BCUT2D eigenvalue weighted by molar-refractivity contribution is 6.30. The van der Waals surface area contributed by atoms with Crippen LogP contribution in [0.4, 0.5) is 0 Å². The molecular formula is C20H24ClN3O3. The third-order valence-corrected chi connectivity index (χ3v) is 5.66. The number of aromatic nitrogens is 2. The smallest absolute Gasteiger partial charge is 0.226 e. The van der Waals surface area contributed by atoms with Crippen LogP contribution in [-0.2, 0) is 16.0 Å². The maximum absolute atomic E-state index is 12.7. The lowest BCUT2D eigenvalue weighted by molar-refractivity contribution is -0.149. The molecule has 2 aromatic rings. The molecule has 2 heterocycles. The standard InChI is InChI=1S/C20H24ClN3O3/c21-15-10-8-14(9-11-15)20-22-18(27-23-20)6-3-7-19(25)24-12-13-26-17-5-2-1-4-16(17)24/h8-11,16-17H,1-7,12-13H2/t16-,17-/m1/s1. The first-order valence-electron chi connectivity index (χ1n) is 9.70. The number of hydrogen-bond acceptors (Lipinski definition) is 5. The molecule has 2 atom stereocenters. The van der Waals surface area contributed by atoms with Gasteiger partial charge in [-0.2, -0.15) is 4.98 Å². The fourth-order valence-corrected chi connectivity index (χ4v) is 4.14. The lowest BCUT2D eigenvalue weighted by Gasteiger charge is -2.43. The van der Waals surface area contributed by atoms with Crippen LogP contribution < -0.4 is 0 Å². The van der Waals surface area contributed by atoms with Crippen molar-refractivity contribution in [2.75, 3.05) is 13.2 Å². The second-order valence-electron chi connectivity index (χ2n) is 7.22. The van der Waals surface area contributed by atoms with Crippen LogP contribution in [0.3, 0.4) is 0 Å². The molecule has 0 N–H and O–H groups in total. The molecule has 1 aromatic heterocycles. The molecule has 7 heteroatoms. The molecule has 27 heavy (non-hydrogen) atoms. The molecule has 4 rings (SSSR count). The number of nitrogens with zero attached hydrogens (tertiary/aromatic N) is 3. The minimum atomic E-state index is 0.215. The molecule has 0 radical (unpaired) electrons. The molecule has 6 nitrogen and oxygen atoms in total. The number of amides is 1. The maximum Gasteiger partial charge on any atom is 0.226 e. The Kier molecular flexibility index (Phi) is 5.74. The second-order valence-corrected chi connectivity index (χ2v) is 7.66. The quantitative estimate of drug-likeness (QED) is 0.776. The number of morpholine rings is 1. The van der Waals surface area contributed by atoms with E-state index in [-0.39, 0.29) is 18.1 Å². The average Bonchev–Trinajstić information content (AvgIpc) is 3.17. The third kappa shape index (κ3) is 4.33. The lowest BCUT2D eigenvalue weighted by atomic mass is 9.90. The van der Waals surface area contributed by atoms with E-state index in [2.05, 4.69) is 10.1 Å². The van der Waals surface area contributed by atoms with Crippen molar-refractivity contribution in [2.45, 2.75) is 57.1 Å². The summed E-state index contributed by atoms with van der Waals surface area (Å²) in [7, 11) is 0. The van der Waals surface area contributed by atoms with Gasteiger partial charge in [-0.25, -0.2) is 0 Å². The van der Waals surface area contributed by atoms with E-state index in [0.717, 1.165) is 18.4 Å². The SMILES string of the molecule is O=C(CCCc1nc(-c2ccc(Cl)cc2)no1)N1CCO[C@@H]2CCCC[C@H]21. The van der Waals surface area contributed by atoms with Gasteiger partial charge in [-0.1, -0.05) is 29.6 Å². The normalized spacial score (nSPS) is 22.5. The predicted octanol–water partition coefficient (Wildman–Crippen LogP) is 3.88. The van der Waals surface area contributed by atoms with Gasteiger partial charge < -0.3 is 14.2 Å². The zero-order valence-electron chi connectivity index (χ0n) is 15.3. The van der Waals surface area contributed by atoms with E-state index in [1.165, 1.54) is 12.8 Å². The highest BCUT2D eigenvalue weighted by Gasteiger charge is 2.36. The zero-order chi connectivity index (χ0) is 18.6. The van der Waals surface area contributed by atoms with Gasteiger partial charge in [-0.05, 0) is 43.5 Å². The average molecular weight is 390 g/mol. The van der Waals surface area contributed by atoms with Gasteiger partial charge in [-0.3, -0.25) is 4.79 Å². The van der Waals surface area contributed by atoms with Crippen molar-refractivity contribution < 1.29 is 14.1 Å². The summed E-state index contributed by atoms with van der Waals surface area (Å²) in [6, 6.07) is 7.58. The molecule has 0 unspecified atom stereocenters. The molecular weight excluding hydrogens is 366 g/mol. The summed E-state index contributed by atoms with van der Waals surface area (Å²) in [5, 5.41) is 4.69. The van der Waals surface area contributed by atoms with Gasteiger partial charge in [0.15, 0.2) is 0 Å². The minimum absolute atomic E-state index is 0.215. The lowest BCUT2D eigenvalue weighted by Crippen LogP contribution is -2.54. The Morgan fingerprint density at radius 3 is 2.89 bits per heavy atom. The topological polar surface area (TPSA) is 68.5 Å². The summed E-state index contributed by atoms with van der Waals surface area (Å²) in [6.07, 6.45) is 6.56. The van der Waals surface area contributed by atoms with Crippen LogP contribution in [0, 0.1) is 0 Å². The highest BCUT2D eigenvalue weighted by Crippen LogP contribution is 2.29. The van der Waals surface area contributed by atoms with Crippen molar-refractivity contribution >= 4 is 17.5 Å². The van der Waals surface area contributed by atoms with Gasteiger partial charge in [0.1, 0.15) is 0 Å². The molecule has 1 aliphatic carbocycles. The number of ether oxygens (including phenoxy) is 1. The molecule has 1 amide bonds. The van der Waals surface area contributed by atoms with E-state index < -0.39 is 0 Å². The Morgan fingerprint density at radius 1 is 1.22 bits per heavy atom. The fourth-order valence-electron chi connectivity index (χ4n) is 4.01. The maximum atomic E-state index is 12.7. The molecule has 1 saturated heterocycles. The van der Waals surface area contributed by atoms with Crippen molar-refractivity contribution in [3.8, 4) is 11.4 Å².